The number of aromatic nitrogens is 2. The minimum absolute atomic E-state index is 0.464. The Bertz CT molecular complexity index is 638. The maximum Gasteiger partial charge on any atom is 0.151 e. The van der Waals surface area contributed by atoms with E-state index in [1.54, 1.807) is 13.3 Å². The molecule has 3 rings (SSSR count). The molecule has 0 radical (unpaired) electrons. The van der Waals surface area contributed by atoms with Gasteiger partial charge in [-0.05, 0) is 58.6 Å². The van der Waals surface area contributed by atoms with Gasteiger partial charge in [-0.1, -0.05) is 6.07 Å². The van der Waals surface area contributed by atoms with E-state index in [-0.39, 0.29) is 0 Å². The van der Waals surface area contributed by atoms with Crippen LogP contribution in [-0.4, -0.2) is 36.4 Å². The molecule has 2 aromatic rings. The van der Waals surface area contributed by atoms with Crippen molar-refractivity contribution in [2.75, 3.05) is 25.1 Å². The first-order valence-corrected chi connectivity index (χ1v) is 8.64. The number of anilines is 1. The van der Waals surface area contributed by atoms with Gasteiger partial charge >= 0.3 is 0 Å². The zero-order valence-electron chi connectivity index (χ0n) is 13.2. The van der Waals surface area contributed by atoms with Gasteiger partial charge < -0.3 is 15.0 Å². The molecule has 1 unspecified atom stereocenters. The number of ether oxygens (including phenoxy) is 1. The van der Waals surface area contributed by atoms with Crippen LogP contribution in [-0.2, 0) is 6.54 Å². The van der Waals surface area contributed by atoms with Crippen molar-refractivity contribution in [1.29, 1.82) is 0 Å². The highest BCUT2D eigenvalue weighted by molar-refractivity contribution is 9.10. The smallest absolute Gasteiger partial charge is 0.151 e. The lowest BCUT2D eigenvalue weighted by molar-refractivity contribution is 0.410. The van der Waals surface area contributed by atoms with Crippen LogP contribution in [0.1, 0.15) is 18.4 Å². The molecule has 6 heteroatoms. The lowest BCUT2D eigenvalue weighted by Gasteiger charge is -2.33. The minimum Gasteiger partial charge on any atom is -0.496 e. The summed E-state index contributed by atoms with van der Waals surface area (Å²) in [6, 6.07) is 10.6. The average Bonchev–Trinajstić information content (AvgIpc) is 2.61. The summed E-state index contributed by atoms with van der Waals surface area (Å²) in [6.07, 6.45) is 4.07. The van der Waals surface area contributed by atoms with Crippen LogP contribution in [0.4, 0.5) is 5.82 Å². The molecule has 122 valence electrons. The summed E-state index contributed by atoms with van der Waals surface area (Å²) in [5, 5.41) is 11.8. The van der Waals surface area contributed by atoms with E-state index < -0.39 is 0 Å². The number of piperidine rings is 1. The molecule has 5 nitrogen and oxygen atoms in total. The van der Waals surface area contributed by atoms with Crippen LogP contribution in [0.3, 0.4) is 0 Å². The molecule has 0 amide bonds. The van der Waals surface area contributed by atoms with Gasteiger partial charge in [-0.15, -0.1) is 5.10 Å². The Morgan fingerprint density at radius 1 is 1.39 bits per heavy atom. The Morgan fingerprint density at radius 2 is 2.30 bits per heavy atom. The summed E-state index contributed by atoms with van der Waals surface area (Å²) >= 11 is 3.54. The summed E-state index contributed by atoms with van der Waals surface area (Å²) in [4.78, 5) is 2.30. The fourth-order valence-corrected chi connectivity index (χ4v) is 3.48. The molecule has 0 bridgehead atoms. The molecule has 2 heterocycles. The van der Waals surface area contributed by atoms with Crippen LogP contribution < -0.4 is 15.0 Å². The Hall–Kier alpha value is -1.66. The van der Waals surface area contributed by atoms with Crippen molar-refractivity contribution >= 4 is 21.7 Å². The second kappa shape index (κ2) is 7.75. The summed E-state index contributed by atoms with van der Waals surface area (Å²) in [5.74, 6) is 1.83. The van der Waals surface area contributed by atoms with Gasteiger partial charge in [0.1, 0.15) is 5.75 Å². The summed E-state index contributed by atoms with van der Waals surface area (Å²) in [5.41, 5.74) is 1.24. The van der Waals surface area contributed by atoms with Crippen LogP contribution >= 0.6 is 15.9 Å². The highest BCUT2D eigenvalue weighted by Gasteiger charge is 2.20. The Kier molecular flexibility index (Phi) is 5.46. The molecule has 0 spiro atoms. The molecule has 23 heavy (non-hydrogen) atoms. The molecule has 1 atom stereocenters. The van der Waals surface area contributed by atoms with E-state index in [0.717, 1.165) is 35.7 Å². The highest BCUT2D eigenvalue weighted by Crippen LogP contribution is 2.25. The first-order valence-electron chi connectivity index (χ1n) is 7.84. The topological polar surface area (TPSA) is 50.3 Å². The van der Waals surface area contributed by atoms with Crippen LogP contribution in [0.25, 0.3) is 0 Å². The number of nitrogens with zero attached hydrogens (tertiary/aromatic N) is 3. The van der Waals surface area contributed by atoms with Crippen molar-refractivity contribution < 1.29 is 4.74 Å². The van der Waals surface area contributed by atoms with Gasteiger partial charge in [0.25, 0.3) is 0 Å². The fourth-order valence-electron chi connectivity index (χ4n) is 2.90. The number of benzene rings is 1. The van der Waals surface area contributed by atoms with E-state index in [2.05, 4.69) is 48.5 Å². The second-order valence-electron chi connectivity index (χ2n) is 5.72. The lowest BCUT2D eigenvalue weighted by atomic mass is 10.1. The highest BCUT2D eigenvalue weighted by atomic mass is 79.9. The van der Waals surface area contributed by atoms with E-state index >= 15 is 0 Å². The average molecular weight is 377 g/mol. The van der Waals surface area contributed by atoms with Crippen LogP contribution in [0, 0.1) is 0 Å². The molecule has 1 aromatic carbocycles. The maximum atomic E-state index is 5.27. The molecule has 0 saturated carbocycles. The fraction of sp³-hybridized carbons (Fsp3) is 0.412. The number of halogens is 1. The van der Waals surface area contributed by atoms with E-state index in [9.17, 15) is 0 Å². The van der Waals surface area contributed by atoms with Gasteiger partial charge in [0.15, 0.2) is 5.82 Å². The molecule has 1 N–H and O–H groups in total. The predicted octanol–water partition coefficient (Wildman–Crippen LogP) is 3.01. The maximum absolute atomic E-state index is 5.27. The third-order valence-corrected chi connectivity index (χ3v) is 4.73. The molecule has 1 aliphatic rings. The largest absolute Gasteiger partial charge is 0.496 e. The van der Waals surface area contributed by atoms with Gasteiger partial charge in [-0.25, -0.2) is 0 Å². The SMILES string of the molecule is COc1ccc(CNC2CCCN(c3cccnn3)C2)cc1Br. The molecule has 0 aliphatic carbocycles. The van der Waals surface area contributed by atoms with E-state index in [4.69, 9.17) is 4.74 Å². The monoisotopic (exact) mass is 376 g/mol. The van der Waals surface area contributed by atoms with Gasteiger partial charge in [0.05, 0.1) is 11.6 Å². The van der Waals surface area contributed by atoms with Gasteiger partial charge in [0.2, 0.25) is 0 Å². The van der Waals surface area contributed by atoms with E-state index in [0.29, 0.717) is 6.04 Å². The molecule has 1 saturated heterocycles. The Morgan fingerprint density at radius 3 is 3.04 bits per heavy atom. The van der Waals surface area contributed by atoms with Gasteiger partial charge in [-0.3, -0.25) is 0 Å². The number of hydrogen-bond donors (Lipinski definition) is 1. The van der Waals surface area contributed by atoms with Crippen molar-refractivity contribution in [3.05, 3.63) is 46.6 Å². The quantitative estimate of drug-likeness (QED) is 0.868. The van der Waals surface area contributed by atoms with Crippen LogP contribution in [0.2, 0.25) is 0 Å². The van der Waals surface area contributed by atoms with Gasteiger partial charge in [-0.2, -0.15) is 5.10 Å². The molecular weight excluding hydrogens is 356 g/mol. The van der Waals surface area contributed by atoms with Crippen molar-refractivity contribution in [2.24, 2.45) is 0 Å². The van der Waals surface area contributed by atoms with Crippen molar-refractivity contribution in [3.63, 3.8) is 0 Å². The number of methoxy groups -OCH3 is 1. The summed E-state index contributed by atoms with van der Waals surface area (Å²) in [6.45, 7) is 2.86. The van der Waals surface area contributed by atoms with Crippen molar-refractivity contribution in [1.82, 2.24) is 15.5 Å². The summed E-state index contributed by atoms with van der Waals surface area (Å²) < 4.78 is 6.26. The van der Waals surface area contributed by atoms with Crippen molar-refractivity contribution in [3.8, 4) is 5.75 Å². The number of nitrogens with one attached hydrogen (secondary N) is 1. The zero-order valence-corrected chi connectivity index (χ0v) is 14.8. The lowest BCUT2D eigenvalue weighted by Crippen LogP contribution is -2.45. The molecule has 1 fully saturated rings. The first kappa shape index (κ1) is 16.2. The predicted molar refractivity (Wildman–Crippen MR) is 94.8 cm³/mol. The third kappa shape index (κ3) is 4.20. The standard InChI is InChI=1S/C17H21BrN4O/c1-23-16-7-6-13(10-15(16)18)11-19-14-4-3-9-22(12-14)17-5-2-8-20-21-17/h2,5-8,10,14,19H,3-4,9,11-12H2,1H3. The third-order valence-electron chi connectivity index (χ3n) is 4.11. The molecular formula is C17H21BrN4O. The van der Waals surface area contributed by atoms with Crippen LogP contribution in [0.15, 0.2) is 41.0 Å². The number of hydrogen-bond acceptors (Lipinski definition) is 5. The normalized spacial score (nSPS) is 18.0. The first-order chi connectivity index (χ1) is 11.3. The Balaban J connectivity index is 1.57. The molecule has 1 aliphatic heterocycles. The minimum atomic E-state index is 0.464. The van der Waals surface area contributed by atoms with Crippen LogP contribution in [0.5, 0.6) is 5.75 Å². The number of rotatable bonds is 5. The zero-order chi connectivity index (χ0) is 16.1. The van der Waals surface area contributed by atoms with E-state index in [1.165, 1.54) is 18.4 Å². The van der Waals surface area contributed by atoms with Gasteiger partial charge in [0, 0.05) is 31.9 Å². The second-order valence-corrected chi connectivity index (χ2v) is 6.57. The molecule has 1 aromatic heterocycles. The van der Waals surface area contributed by atoms with E-state index in [1.807, 2.05) is 18.2 Å². The van der Waals surface area contributed by atoms with Crippen molar-refractivity contribution in [2.45, 2.75) is 25.4 Å². The summed E-state index contributed by atoms with van der Waals surface area (Å²) in [7, 11) is 1.68. The Labute approximate surface area is 145 Å².